The molecule has 0 radical (unpaired) electrons. The van der Waals surface area contributed by atoms with Crippen LogP contribution in [0.15, 0.2) is 47.1 Å². The van der Waals surface area contributed by atoms with Crippen molar-refractivity contribution in [2.75, 3.05) is 5.32 Å². The van der Waals surface area contributed by atoms with Crippen molar-refractivity contribution in [3.05, 3.63) is 70.0 Å². The van der Waals surface area contributed by atoms with Gasteiger partial charge in [-0.15, -0.1) is 11.3 Å². The van der Waals surface area contributed by atoms with Gasteiger partial charge in [0.2, 0.25) is 5.76 Å². The van der Waals surface area contributed by atoms with Crippen LogP contribution < -0.4 is 15.4 Å². The van der Waals surface area contributed by atoms with Crippen LogP contribution in [0, 0.1) is 5.92 Å². The number of esters is 1. The molecule has 3 heterocycles. The van der Waals surface area contributed by atoms with Gasteiger partial charge in [-0.05, 0) is 60.6 Å². The zero-order chi connectivity index (χ0) is 20.0. The largest absolute Gasteiger partial charge is 0.457 e. The number of hydrogen-bond acceptors (Lipinski definition) is 6. The minimum absolute atomic E-state index is 0.0240. The maximum Gasteiger partial charge on any atom is 0.379 e. The number of fused-ring (bicyclic) bond motifs is 3. The molecule has 0 fully saturated rings. The summed E-state index contributed by atoms with van der Waals surface area (Å²) in [4.78, 5) is 26.1. The van der Waals surface area contributed by atoms with Gasteiger partial charge in [-0.3, -0.25) is 4.79 Å². The molecular formula is C22H20N2O4S. The fraction of sp³-hybridized carbons (Fsp3) is 0.273. The first-order chi connectivity index (χ1) is 14.1. The molecule has 2 aliphatic rings. The summed E-state index contributed by atoms with van der Waals surface area (Å²) in [5, 5.41) is 7.47. The number of ether oxygens (including phenoxy) is 1. The van der Waals surface area contributed by atoms with Gasteiger partial charge >= 0.3 is 5.97 Å². The van der Waals surface area contributed by atoms with Crippen LogP contribution in [0.5, 0.6) is 5.75 Å². The number of hydrogen-bond donors (Lipinski definition) is 2. The molecule has 2 N–H and O–H groups in total. The van der Waals surface area contributed by atoms with Crippen molar-refractivity contribution in [2.45, 2.75) is 32.4 Å². The van der Waals surface area contributed by atoms with E-state index in [9.17, 15) is 9.59 Å². The number of rotatable bonds is 3. The fourth-order valence-corrected chi connectivity index (χ4v) is 5.35. The maximum absolute atomic E-state index is 12.8. The summed E-state index contributed by atoms with van der Waals surface area (Å²) in [7, 11) is 0. The molecule has 1 amide bonds. The van der Waals surface area contributed by atoms with E-state index in [1.165, 1.54) is 16.7 Å². The van der Waals surface area contributed by atoms with Gasteiger partial charge in [0.05, 0.1) is 11.8 Å². The Labute approximate surface area is 171 Å². The van der Waals surface area contributed by atoms with Crippen LogP contribution in [0.2, 0.25) is 0 Å². The van der Waals surface area contributed by atoms with Crippen LogP contribution in [0.25, 0.3) is 0 Å². The number of nitrogens with one attached hydrogen (secondary N) is 2. The van der Waals surface area contributed by atoms with E-state index < -0.39 is 5.97 Å². The highest BCUT2D eigenvalue weighted by Crippen LogP contribution is 2.42. The van der Waals surface area contributed by atoms with Crippen molar-refractivity contribution in [1.82, 2.24) is 5.32 Å². The Morgan fingerprint density at radius 1 is 1.21 bits per heavy atom. The molecule has 0 saturated heterocycles. The lowest BCUT2D eigenvalue weighted by molar-refractivity contribution is 0.0701. The van der Waals surface area contributed by atoms with Gasteiger partial charge in [0.15, 0.2) is 0 Å². The average molecular weight is 408 g/mol. The Hall–Kier alpha value is -3.06. The van der Waals surface area contributed by atoms with Gasteiger partial charge in [-0.2, -0.15) is 0 Å². The summed E-state index contributed by atoms with van der Waals surface area (Å²) in [6.45, 7) is 2.26. The molecule has 5 rings (SSSR count). The topological polar surface area (TPSA) is 80.6 Å². The lowest BCUT2D eigenvalue weighted by Crippen LogP contribution is -2.38. The molecule has 1 aromatic carbocycles. The number of carbonyl (C=O) groups is 2. The Bertz CT molecular complexity index is 1070. The van der Waals surface area contributed by atoms with Crippen LogP contribution >= 0.6 is 11.3 Å². The maximum atomic E-state index is 12.8. The molecule has 29 heavy (non-hydrogen) atoms. The normalized spacial score (nSPS) is 20.2. The second-order valence-electron chi connectivity index (χ2n) is 7.54. The second-order valence-corrected chi connectivity index (χ2v) is 8.65. The molecule has 7 heteroatoms. The summed E-state index contributed by atoms with van der Waals surface area (Å²) in [5.74, 6) is 0.661. The lowest BCUT2D eigenvalue weighted by atomic mass is 9.88. The fourth-order valence-electron chi connectivity index (χ4n) is 3.91. The number of benzene rings is 1. The lowest BCUT2D eigenvalue weighted by Gasteiger charge is -2.27. The molecule has 3 aromatic rings. The van der Waals surface area contributed by atoms with Gasteiger partial charge in [-0.25, -0.2) is 4.79 Å². The molecule has 2 atom stereocenters. The molecular weight excluding hydrogens is 388 g/mol. The van der Waals surface area contributed by atoms with E-state index in [-0.39, 0.29) is 17.8 Å². The zero-order valence-electron chi connectivity index (χ0n) is 15.9. The SMILES string of the molecule is CC1CCc2c(sc3c2C(=O)NC(c2ccc(OC(=O)c4ccco4)cc2)N3)C1. The van der Waals surface area contributed by atoms with Crippen molar-refractivity contribution >= 4 is 28.2 Å². The summed E-state index contributed by atoms with van der Waals surface area (Å²) in [6.07, 6.45) is 4.25. The highest BCUT2D eigenvalue weighted by Gasteiger charge is 2.33. The second kappa shape index (κ2) is 7.08. The number of carbonyl (C=O) groups excluding carboxylic acids is 2. The average Bonchev–Trinajstić information content (AvgIpc) is 3.36. The molecule has 6 nitrogen and oxygen atoms in total. The number of thiophene rings is 1. The standard InChI is InChI=1S/C22H20N2O4S/c1-12-4-9-15-17(11-12)29-21-18(15)20(25)23-19(24-21)13-5-7-14(8-6-13)28-22(26)16-3-2-10-27-16/h2-3,5-8,10,12,19,24H,4,9,11H2,1H3,(H,23,25). The molecule has 148 valence electrons. The Morgan fingerprint density at radius 2 is 2.03 bits per heavy atom. The van der Waals surface area contributed by atoms with Crippen LogP contribution in [0.4, 0.5) is 5.00 Å². The number of anilines is 1. The molecule has 1 aliphatic carbocycles. The van der Waals surface area contributed by atoms with Gasteiger partial charge in [0.1, 0.15) is 16.9 Å². The molecule has 2 aromatic heterocycles. The molecule has 0 spiro atoms. The van der Waals surface area contributed by atoms with E-state index >= 15 is 0 Å². The van der Waals surface area contributed by atoms with Crippen LogP contribution in [0.1, 0.15) is 56.4 Å². The van der Waals surface area contributed by atoms with Crippen molar-refractivity contribution in [3.8, 4) is 5.75 Å². The van der Waals surface area contributed by atoms with Crippen molar-refractivity contribution in [3.63, 3.8) is 0 Å². The number of amides is 1. The van der Waals surface area contributed by atoms with Gasteiger partial charge in [0.25, 0.3) is 5.91 Å². The van der Waals surface area contributed by atoms with E-state index in [1.54, 1.807) is 35.6 Å². The van der Waals surface area contributed by atoms with Gasteiger partial charge < -0.3 is 19.8 Å². The highest BCUT2D eigenvalue weighted by molar-refractivity contribution is 7.16. The number of furan rings is 1. The van der Waals surface area contributed by atoms with E-state index in [1.807, 2.05) is 12.1 Å². The third-order valence-corrected chi connectivity index (χ3v) is 6.62. The first-order valence-corrected chi connectivity index (χ1v) is 10.5. The van der Waals surface area contributed by atoms with Crippen LogP contribution in [-0.4, -0.2) is 11.9 Å². The summed E-state index contributed by atoms with van der Waals surface area (Å²) in [5.41, 5.74) is 2.92. The van der Waals surface area contributed by atoms with Crippen LogP contribution in [0.3, 0.4) is 0 Å². The zero-order valence-corrected chi connectivity index (χ0v) is 16.7. The quantitative estimate of drug-likeness (QED) is 0.491. The smallest absolute Gasteiger partial charge is 0.379 e. The first kappa shape index (κ1) is 18.0. The minimum Gasteiger partial charge on any atom is -0.457 e. The molecule has 1 aliphatic heterocycles. The first-order valence-electron chi connectivity index (χ1n) is 9.66. The van der Waals surface area contributed by atoms with Gasteiger partial charge in [0, 0.05) is 4.88 Å². The summed E-state index contributed by atoms with van der Waals surface area (Å²) >= 11 is 1.70. The summed E-state index contributed by atoms with van der Waals surface area (Å²) in [6, 6.07) is 10.3. The highest BCUT2D eigenvalue weighted by atomic mass is 32.1. The predicted molar refractivity (Wildman–Crippen MR) is 109 cm³/mol. The Morgan fingerprint density at radius 3 is 2.79 bits per heavy atom. The van der Waals surface area contributed by atoms with Gasteiger partial charge in [-0.1, -0.05) is 19.1 Å². The molecule has 0 saturated carbocycles. The Balaban J connectivity index is 1.33. The monoisotopic (exact) mass is 408 g/mol. The molecule has 0 bridgehead atoms. The van der Waals surface area contributed by atoms with Crippen molar-refractivity contribution in [1.29, 1.82) is 0 Å². The minimum atomic E-state index is -0.546. The van der Waals surface area contributed by atoms with Crippen molar-refractivity contribution in [2.24, 2.45) is 5.92 Å². The van der Waals surface area contributed by atoms with E-state index in [0.29, 0.717) is 11.7 Å². The van der Waals surface area contributed by atoms with E-state index in [2.05, 4.69) is 17.6 Å². The predicted octanol–water partition coefficient (Wildman–Crippen LogP) is 4.54. The van der Waals surface area contributed by atoms with E-state index in [0.717, 1.165) is 35.4 Å². The van der Waals surface area contributed by atoms with E-state index in [4.69, 9.17) is 9.15 Å². The van der Waals surface area contributed by atoms with Crippen molar-refractivity contribution < 1.29 is 18.7 Å². The van der Waals surface area contributed by atoms with Crippen LogP contribution in [-0.2, 0) is 12.8 Å². The Kier molecular flexibility index (Phi) is 4.39. The summed E-state index contributed by atoms with van der Waals surface area (Å²) < 4.78 is 10.3. The molecule has 2 unspecified atom stereocenters. The third-order valence-electron chi connectivity index (χ3n) is 5.44. The third kappa shape index (κ3) is 3.31.